The van der Waals surface area contributed by atoms with Gasteiger partial charge in [0, 0.05) is 41.4 Å². The van der Waals surface area contributed by atoms with Crippen LogP contribution >= 0.6 is 0 Å². The smallest absolute Gasteiger partial charge is 0.292 e. The Morgan fingerprint density at radius 2 is 1.76 bits per heavy atom. The van der Waals surface area contributed by atoms with E-state index in [1.54, 1.807) is 17.7 Å². The van der Waals surface area contributed by atoms with Crippen LogP contribution in [-0.2, 0) is 6.54 Å². The van der Waals surface area contributed by atoms with E-state index in [0.717, 1.165) is 27.9 Å². The molecule has 0 aliphatic carbocycles. The number of hydrogen-bond donors (Lipinski definition) is 2. The van der Waals surface area contributed by atoms with Crippen LogP contribution < -0.4 is 11.1 Å². The zero-order valence-corrected chi connectivity index (χ0v) is 18.6. The van der Waals surface area contributed by atoms with Crippen LogP contribution in [0.25, 0.3) is 33.5 Å². The summed E-state index contributed by atoms with van der Waals surface area (Å²) in [6, 6.07) is 12.7. The molecule has 5 rings (SSSR count). The molecule has 0 amide bonds. The minimum Gasteiger partial charge on any atom is -0.424 e. The lowest BCUT2D eigenvalue weighted by Crippen LogP contribution is -2.13. The Labute approximate surface area is 194 Å². The van der Waals surface area contributed by atoms with Gasteiger partial charge in [-0.05, 0) is 31.5 Å². The molecule has 9 heteroatoms. The standard InChI is InChI=1S/C25H22F2N6O/c1-14-9-19(26)23(27)24-18(14)10-15(2)33(24)8-7-29-22-11-20(31-13-32-22)16-3-5-17(6-4-16)21-12-30-25(28)34-21/h3-6,9-13H,7-8H2,1-2H3,(H2,28,30)(H,29,31,32). The number of nitrogen functional groups attached to an aromatic ring is 1. The lowest BCUT2D eigenvalue weighted by Gasteiger charge is -2.12. The van der Waals surface area contributed by atoms with Crippen molar-refractivity contribution < 1.29 is 13.2 Å². The average Bonchev–Trinajstić information content (AvgIpc) is 3.41. The fraction of sp³-hybridized carbons (Fsp3) is 0.160. The van der Waals surface area contributed by atoms with E-state index in [9.17, 15) is 8.78 Å². The van der Waals surface area contributed by atoms with Gasteiger partial charge in [0.05, 0.1) is 17.4 Å². The molecule has 0 spiro atoms. The molecule has 172 valence electrons. The van der Waals surface area contributed by atoms with Crippen LogP contribution in [0, 0.1) is 25.5 Å². The number of anilines is 2. The third-order valence-electron chi connectivity index (χ3n) is 5.79. The van der Waals surface area contributed by atoms with E-state index in [2.05, 4.69) is 20.3 Å². The summed E-state index contributed by atoms with van der Waals surface area (Å²) in [5.41, 5.74) is 9.90. The highest BCUT2D eigenvalue weighted by Crippen LogP contribution is 2.28. The van der Waals surface area contributed by atoms with Gasteiger partial charge in [0.2, 0.25) is 0 Å². The molecular weight excluding hydrogens is 438 g/mol. The van der Waals surface area contributed by atoms with Crippen molar-refractivity contribution in [3.8, 4) is 22.6 Å². The summed E-state index contributed by atoms with van der Waals surface area (Å²) in [6.45, 7) is 4.59. The van der Waals surface area contributed by atoms with Crippen LogP contribution in [0.3, 0.4) is 0 Å². The Morgan fingerprint density at radius 3 is 2.50 bits per heavy atom. The number of rotatable bonds is 6. The van der Waals surface area contributed by atoms with Crippen LogP contribution in [0.4, 0.5) is 20.6 Å². The second kappa shape index (κ2) is 8.58. The van der Waals surface area contributed by atoms with Crippen molar-refractivity contribution in [3.05, 3.63) is 77.9 Å². The molecular formula is C25H22F2N6O. The number of halogens is 2. The Bertz CT molecular complexity index is 1490. The van der Waals surface area contributed by atoms with Crippen molar-refractivity contribution >= 4 is 22.7 Å². The summed E-state index contributed by atoms with van der Waals surface area (Å²) in [5, 5.41) is 3.97. The van der Waals surface area contributed by atoms with E-state index in [1.165, 1.54) is 12.4 Å². The average molecular weight is 460 g/mol. The third-order valence-corrected chi connectivity index (χ3v) is 5.79. The van der Waals surface area contributed by atoms with E-state index < -0.39 is 11.6 Å². The van der Waals surface area contributed by atoms with Gasteiger partial charge in [-0.2, -0.15) is 0 Å². The van der Waals surface area contributed by atoms with Gasteiger partial charge in [-0.1, -0.05) is 24.3 Å². The zero-order valence-electron chi connectivity index (χ0n) is 18.6. The van der Waals surface area contributed by atoms with Crippen molar-refractivity contribution in [3.63, 3.8) is 0 Å². The molecule has 0 aliphatic heterocycles. The molecule has 3 aromatic heterocycles. The van der Waals surface area contributed by atoms with E-state index in [0.29, 0.717) is 30.2 Å². The normalized spacial score (nSPS) is 11.3. The quantitative estimate of drug-likeness (QED) is 0.355. The second-order valence-corrected chi connectivity index (χ2v) is 8.04. The van der Waals surface area contributed by atoms with Crippen LogP contribution in [-0.4, -0.2) is 26.1 Å². The predicted octanol–water partition coefficient (Wildman–Crippen LogP) is 5.34. The van der Waals surface area contributed by atoms with Crippen molar-refractivity contribution in [2.45, 2.75) is 20.4 Å². The number of aromatic nitrogens is 4. The summed E-state index contributed by atoms with van der Waals surface area (Å²) in [4.78, 5) is 12.5. The van der Waals surface area contributed by atoms with Crippen LogP contribution in [0.1, 0.15) is 11.3 Å². The van der Waals surface area contributed by atoms with E-state index >= 15 is 0 Å². The first kappa shape index (κ1) is 21.6. The van der Waals surface area contributed by atoms with Gasteiger partial charge < -0.3 is 20.0 Å². The van der Waals surface area contributed by atoms with E-state index in [1.807, 2.05) is 43.3 Å². The maximum Gasteiger partial charge on any atom is 0.292 e. The lowest BCUT2D eigenvalue weighted by atomic mass is 10.1. The number of nitrogens with zero attached hydrogens (tertiary/aromatic N) is 4. The van der Waals surface area contributed by atoms with E-state index in [4.69, 9.17) is 10.2 Å². The number of aryl methyl sites for hydroxylation is 2. The number of oxazole rings is 1. The minimum absolute atomic E-state index is 0.122. The predicted molar refractivity (Wildman–Crippen MR) is 127 cm³/mol. The summed E-state index contributed by atoms with van der Waals surface area (Å²) in [6.07, 6.45) is 3.06. The Balaban J connectivity index is 1.31. The maximum absolute atomic E-state index is 14.5. The molecule has 5 aromatic rings. The van der Waals surface area contributed by atoms with E-state index in [-0.39, 0.29) is 11.5 Å². The first-order valence-corrected chi connectivity index (χ1v) is 10.7. The molecule has 0 radical (unpaired) electrons. The molecule has 0 unspecified atom stereocenters. The highest BCUT2D eigenvalue weighted by Gasteiger charge is 2.16. The molecule has 0 saturated carbocycles. The highest BCUT2D eigenvalue weighted by atomic mass is 19.2. The molecule has 0 atom stereocenters. The molecule has 3 heterocycles. The van der Waals surface area contributed by atoms with Gasteiger partial charge in [0.1, 0.15) is 12.1 Å². The third kappa shape index (κ3) is 3.96. The Kier molecular flexibility index (Phi) is 5.45. The first-order valence-electron chi connectivity index (χ1n) is 10.7. The molecule has 0 saturated heterocycles. The molecule has 0 bridgehead atoms. The molecule has 2 aromatic carbocycles. The van der Waals surface area contributed by atoms with Crippen molar-refractivity contribution in [2.75, 3.05) is 17.6 Å². The molecule has 7 nitrogen and oxygen atoms in total. The van der Waals surface area contributed by atoms with Crippen LogP contribution in [0.15, 0.2) is 59.4 Å². The fourth-order valence-electron chi connectivity index (χ4n) is 4.08. The molecule has 34 heavy (non-hydrogen) atoms. The van der Waals surface area contributed by atoms with Gasteiger partial charge in [-0.15, -0.1) is 0 Å². The zero-order chi connectivity index (χ0) is 23.8. The Morgan fingerprint density at radius 1 is 1.00 bits per heavy atom. The minimum atomic E-state index is -0.837. The SMILES string of the molecule is Cc1cc(F)c(F)c2c1cc(C)n2CCNc1cc(-c2ccc(-c3cnc(N)o3)cc2)ncn1. The Hall–Kier alpha value is -4.27. The second-order valence-electron chi connectivity index (χ2n) is 8.04. The van der Waals surface area contributed by atoms with Gasteiger partial charge in [-0.3, -0.25) is 0 Å². The van der Waals surface area contributed by atoms with Crippen molar-refractivity contribution in [1.29, 1.82) is 0 Å². The summed E-state index contributed by atoms with van der Waals surface area (Å²) >= 11 is 0. The highest BCUT2D eigenvalue weighted by molar-refractivity contribution is 5.85. The van der Waals surface area contributed by atoms with Gasteiger partial charge in [0.15, 0.2) is 17.4 Å². The van der Waals surface area contributed by atoms with Crippen molar-refractivity contribution in [1.82, 2.24) is 19.5 Å². The molecule has 0 fully saturated rings. The number of nitrogens with two attached hydrogens (primary N) is 1. The monoisotopic (exact) mass is 460 g/mol. The summed E-state index contributed by atoms with van der Waals surface area (Å²) in [7, 11) is 0. The van der Waals surface area contributed by atoms with Gasteiger partial charge in [0.25, 0.3) is 6.01 Å². The van der Waals surface area contributed by atoms with Crippen molar-refractivity contribution in [2.24, 2.45) is 0 Å². The lowest BCUT2D eigenvalue weighted by molar-refractivity contribution is 0.510. The van der Waals surface area contributed by atoms with Crippen LogP contribution in [0.5, 0.6) is 0 Å². The topological polar surface area (TPSA) is 94.8 Å². The fourth-order valence-corrected chi connectivity index (χ4v) is 4.08. The summed E-state index contributed by atoms with van der Waals surface area (Å²) in [5.74, 6) is -0.437. The number of benzene rings is 2. The molecule has 0 aliphatic rings. The first-order chi connectivity index (χ1) is 16.4. The molecule has 3 N–H and O–H groups in total. The van der Waals surface area contributed by atoms with Gasteiger partial charge >= 0.3 is 0 Å². The number of nitrogens with one attached hydrogen (secondary N) is 1. The van der Waals surface area contributed by atoms with Crippen LogP contribution in [0.2, 0.25) is 0 Å². The maximum atomic E-state index is 14.5. The van der Waals surface area contributed by atoms with Gasteiger partial charge in [-0.25, -0.2) is 23.7 Å². The largest absolute Gasteiger partial charge is 0.424 e. The number of fused-ring (bicyclic) bond motifs is 1. The number of hydrogen-bond acceptors (Lipinski definition) is 6. The summed E-state index contributed by atoms with van der Waals surface area (Å²) < 4.78 is 35.6.